The summed E-state index contributed by atoms with van der Waals surface area (Å²) < 4.78 is 0. The van der Waals surface area contributed by atoms with Crippen LogP contribution in [0.1, 0.15) is 54.2 Å². The van der Waals surface area contributed by atoms with E-state index in [1.54, 1.807) is 0 Å². The van der Waals surface area contributed by atoms with E-state index in [1.807, 2.05) is 18.5 Å². The highest BCUT2D eigenvalue weighted by atomic mass is 15.3. The Morgan fingerprint density at radius 1 is 1.03 bits per heavy atom. The van der Waals surface area contributed by atoms with Crippen LogP contribution in [0.3, 0.4) is 0 Å². The van der Waals surface area contributed by atoms with Gasteiger partial charge in [0.25, 0.3) is 0 Å². The van der Waals surface area contributed by atoms with Crippen LogP contribution in [0.2, 0.25) is 0 Å². The minimum atomic E-state index is 0.0333. The number of aromatic nitrogens is 5. The van der Waals surface area contributed by atoms with Crippen molar-refractivity contribution in [1.82, 2.24) is 25.1 Å². The Labute approximate surface area is 192 Å². The second kappa shape index (κ2) is 8.41. The van der Waals surface area contributed by atoms with E-state index in [-0.39, 0.29) is 6.04 Å². The number of nitrogens with zero attached hydrogens (tertiary/aromatic N) is 5. The van der Waals surface area contributed by atoms with Crippen molar-refractivity contribution in [3.63, 3.8) is 0 Å². The lowest BCUT2D eigenvalue weighted by Gasteiger charge is -2.28. The summed E-state index contributed by atoms with van der Waals surface area (Å²) in [5.41, 5.74) is 15.0. The van der Waals surface area contributed by atoms with E-state index in [2.05, 4.69) is 56.5 Å². The molecule has 7 nitrogen and oxygen atoms in total. The first-order valence-corrected chi connectivity index (χ1v) is 11.7. The zero-order valence-corrected chi connectivity index (χ0v) is 18.5. The molecular weight excluding hydrogens is 410 g/mol. The molecule has 0 saturated heterocycles. The molecule has 0 radical (unpaired) electrons. The standard InChI is InChI=1S/C26H27N7/c27-20-13-12-18(8-3-7-17-6-1-2-9-19(17)20)22-16-29-24-25(30-22)31-32-26(24)33-15-5-10-21-23(33)11-4-14-28-21/h1-2,4,6,8-9,11,14,16,20H,3,5,7,10,12-13,15,27H2,(H,30,31,32)/b18-8+/t20-/m0/s1. The predicted molar refractivity (Wildman–Crippen MR) is 130 cm³/mol. The van der Waals surface area contributed by atoms with Gasteiger partial charge in [0.15, 0.2) is 17.0 Å². The van der Waals surface area contributed by atoms with Crippen molar-refractivity contribution in [1.29, 1.82) is 0 Å². The van der Waals surface area contributed by atoms with Crippen LogP contribution in [-0.4, -0.2) is 31.7 Å². The van der Waals surface area contributed by atoms with Gasteiger partial charge >= 0.3 is 0 Å². The summed E-state index contributed by atoms with van der Waals surface area (Å²) in [6, 6.07) is 12.6. The van der Waals surface area contributed by atoms with Crippen molar-refractivity contribution in [3.8, 4) is 0 Å². The number of nitrogens with one attached hydrogen (secondary N) is 1. The fourth-order valence-electron chi connectivity index (χ4n) is 5.07. The highest BCUT2D eigenvalue weighted by Crippen LogP contribution is 2.35. The van der Waals surface area contributed by atoms with Gasteiger partial charge in [0.05, 0.1) is 23.3 Å². The van der Waals surface area contributed by atoms with Gasteiger partial charge in [-0.2, -0.15) is 5.10 Å². The summed E-state index contributed by atoms with van der Waals surface area (Å²) >= 11 is 0. The monoisotopic (exact) mass is 437 g/mol. The third-order valence-corrected chi connectivity index (χ3v) is 6.77. The first-order valence-electron chi connectivity index (χ1n) is 11.7. The normalized spacial score (nSPS) is 20.2. The first kappa shape index (κ1) is 20.1. The average molecular weight is 438 g/mol. The molecule has 4 heterocycles. The zero-order valence-electron chi connectivity index (χ0n) is 18.5. The number of rotatable bonds is 2. The van der Waals surface area contributed by atoms with Crippen LogP contribution in [0.25, 0.3) is 16.7 Å². The lowest BCUT2D eigenvalue weighted by atomic mass is 9.95. The Morgan fingerprint density at radius 2 is 1.97 bits per heavy atom. The van der Waals surface area contributed by atoms with Crippen LogP contribution >= 0.6 is 0 Å². The number of H-pyrrole nitrogens is 1. The third-order valence-electron chi connectivity index (χ3n) is 6.77. The van der Waals surface area contributed by atoms with E-state index in [4.69, 9.17) is 15.7 Å². The van der Waals surface area contributed by atoms with Crippen molar-refractivity contribution >= 4 is 28.2 Å². The molecule has 3 aromatic heterocycles. The number of aryl methyl sites for hydroxylation is 2. The van der Waals surface area contributed by atoms with Gasteiger partial charge in [-0.15, -0.1) is 0 Å². The van der Waals surface area contributed by atoms with E-state index in [0.29, 0.717) is 5.65 Å². The number of hydrogen-bond donors (Lipinski definition) is 2. The molecule has 0 fully saturated rings. The molecule has 6 rings (SSSR count). The summed E-state index contributed by atoms with van der Waals surface area (Å²) in [5, 5.41) is 7.72. The van der Waals surface area contributed by atoms with E-state index in [0.717, 1.165) is 73.5 Å². The summed E-state index contributed by atoms with van der Waals surface area (Å²) in [6.45, 7) is 0.895. The zero-order chi connectivity index (χ0) is 22.2. The van der Waals surface area contributed by atoms with Gasteiger partial charge in [0, 0.05) is 18.8 Å². The van der Waals surface area contributed by atoms with Gasteiger partial charge in [-0.05, 0) is 67.4 Å². The SMILES string of the molecule is N[C@H]1CC/C(c2cnc3c(N4CCCc5ncccc54)n[nH]c3n2)=C\CCc2ccccc21. The molecule has 1 aromatic carbocycles. The number of hydrogen-bond acceptors (Lipinski definition) is 6. The van der Waals surface area contributed by atoms with Crippen LogP contribution in [-0.2, 0) is 12.8 Å². The highest BCUT2D eigenvalue weighted by Gasteiger charge is 2.24. The maximum atomic E-state index is 6.55. The molecule has 166 valence electrons. The van der Waals surface area contributed by atoms with Crippen molar-refractivity contribution in [3.05, 3.63) is 77.4 Å². The molecule has 1 atom stereocenters. The fourth-order valence-corrected chi connectivity index (χ4v) is 5.07. The van der Waals surface area contributed by atoms with E-state index >= 15 is 0 Å². The minimum Gasteiger partial charge on any atom is -0.324 e. The number of benzene rings is 1. The second-order valence-electron chi connectivity index (χ2n) is 8.84. The number of fused-ring (bicyclic) bond motifs is 3. The van der Waals surface area contributed by atoms with Crippen LogP contribution < -0.4 is 10.6 Å². The van der Waals surface area contributed by atoms with Crippen LogP contribution in [0.5, 0.6) is 0 Å². The Balaban J connectivity index is 1.31. The minimum absolute atomic E-state index is 0.0333. The van der Waals surface area contributed by atoms with Gasteiger partial charge in [0.2, 0.25) is 0 Å². The number of allylic oxidation sites excluding steroid dienone is 2. The van der Waals surface area contributed by atoms with E-state index < -0.39 is 0 Å². The molecule has 0 amide bonds. The maximum Gasteiger partial charge on any atom is 0.183 e. The summed E-state index contributed by atoms with van der Waals surface area (Å²) in [6.07, 6.45) is 11.8. The fraction of sp³-hybridized carbons (Fsp3) is 0.308. The molecule has 7 heteroatoms. The van der Waals surface area contributed by atoms with Crippen molar-refractivity contribution < 1.29 is 0 Å². The lowest BCUT2D eigenvalue weighted by molar-refractivity contribution is 0.661. The molecule has 0 unspecified atom stereocenters. The second-order valence-corrected chi connectivity index (χ2v) is 8.84. The summed E-state index contributed by atoms with van der Waals surface area (Å²) in [7, 11) is 0. The molecule has 0 bridgehead atoms. The van der Waals surface area contributed by atoms with Gasteiger partial charge in [-0.3, -0.25) is 10.1 Å². The smallest absolute Gasteiger partial charge is 0.183 e. The third kappa shape index (κ3) is 3.68. The molecule has 2 aliphatic rings. The molecule has 0 saturated carbocycles. The van der Waals surface area contributed by atoms with E-state index in [1.165, 1.54) is 16.7 Å². The summed E-state index contributed by atoms with van der Waals surface area (Å²) in [4.78, 5) is 16.5. The number of pyridine rings is 1. The van der Waals surface area contributed by atoms with Gasteiger partial charge in [-0.25, -0.2) is 9.97 Å². The predicted octanol–water partition coefficient (Wildman–Crippen LogP) is 4.64. The van der Waals surface area contributed by atoms with Crippen molar-refractivity contribution in [2.75, 3.05) is 11.4 Å². The van der Waals surface area contributed by atoms with Crippen LogP contribution in [0, 0.1) is 0 Å². The molecule has 3 N–H and O–H groups in total. The lowest BCUT2D eigenvalue weighted by Crippen LogP contribution is -2.25. The maximum absolute atomic E-state index is 6.55. The Hall–Kier alpha value is -3.58. The van der Waals surface area contributed by atoms with Crippen LogP contribution in [0.15, 0.2) is 54.9 Å². The van der Waals surface area contributed by atoms with Crippen molar-refractivity contribution in [2.24, 2.45) is 5.73 Å². The Morgan fingerprint density at radius 3 is 2.94 bits per heavy atom. The number of aromatic amines is 1. The largest absolute Gasteiger partial charge is 0.324 e. The number of anilines is 2. The first-order chi connectivity index (χ1) is 16.3. The molecule has 1 aliphatic heterocycles. The van der Waals surface area contributed by atoms with Gasteiger partial charge in [-0.1, -0.05) is 30.3 Å². The Bertz CT molecular complexity index is 1340. The Kier molecular flexibility index (Phi) is 5.11. The summed E-state index contributed by atoms with van der Waals surface area (Å²) in [5.74, 6) is 0.818. The molecule has 0 spiro atoms. The average Bonchev–Trinajstić information content (AvgIpc) is 3.31. The van der Waals surface area contributed by atoms with Gasteiger partial charge in [0.1, 0.15) is 0 Å². The van der Waals surface area contributed by atoms with Crippen LogP contribution in [0.4, 0.5) is 11.5 Å². The molecular formula is C26H27N7. The molecule has 33 heavy (non-hydrogen) atoms. The molecule has 1 aliphatic carbocycles. The molecule has 4 aromatic rings. The highest BCUT2D eigenvalue weighted by molar-refractivity contribution is 5.87. The van der Waals surface area contributed by atoms with Crippen molar-refractivity contribution in [2.45, 2.75) is 44.6 Å². The number of nitrogens with two attached hydrogens (primary N) is 1. The van der Waals surface area contributed by atoms with E-state index in [9.17, 15) is 0 Å². The van der Waals surface area contributed by atoms with Gasteiger partial charge < -0.3 is 10.6 Å². The topological polar surface area (TPSA) is 96.6 Å². The quantitative estimate of drug-likeness (QED) is 0.474.